The molecule has 32 heavy (non-hydrogen) atoms. The average molecular weight is 441 g/mol. The van der Waals surface area contributed by atoms with E-state index in [-0.39, 0.29) is 11.7 Å². The van der Waals surface area contributed by atoms with Crippen molar-refractivity contribution in [1.29, 1.82) is 0 Å². The topological polar surface area (TPSA) is 51.0 Å². The molecule has 2 heterocycles. The van der Waals surface area contributed by atoms with Crippen LogP contribution in [0.5, 0.6) is 0 Å². The number of thioether (sulfide) groups is 1. The number of nitrogens with zero attached hydrogens (tertiary/aromatic N) is 4. The quantitative estimate of drug-likeness (QED) is 0.397. The third kappa shape index (κ3) is 3.82. The maximum absolute atomic E-state index is 13.6. The van der Waals surface area contributed by atoms with Crippen LogP contribution in [0.1, 0.15) is 22.5 Å². The highest BCUT2D eigenvalue weighted by Gasteiger charge is 2.26. The molecule has 3 aromatic carbocycles. The predicted molar refractivity (Wildman–Crippen MR) is 129 cm³/mol. The Morgan fingerprint density at radius 3 is 2.19 bits per heavy atom. The highest BCUT2D eigenvalue weighted by atomic mass is 32.2. The molecule has 1 aliphatic rings. The first-order valence-corrected chi connectivity index (χ1v) is 11.7. The predicted octanol–water partition coefficient (Wildman–Crippen LogP) is 5.44. The van der Waals surface area contributed by atoms with E-state index >= 15 is 0 Å². The standard InChI is InChI=1S/C26H24N4OS/c1-18-8-7-11-22(16-18)29-19(2)27-28-26(29)32-17-25(31)30-23-12-5-3-9-20(23)14-15-21-10-4-6-13-24(21)30/h3-13,16H,14-15,17H2,1-2H3. The molecule has 0 saturated heterocycles. The van der Waals surface area contributed by atoms with Crippen LogP contribution in [0.25, 0.3) is 5.69 Å². The normalized spacial score (nSPS) is 12.8. The Bertz CT molecular complexity index is 1250. The highest BCUT2D eigenvalue weighted by molar-refractivity contribution is 7.99. The zero-order valence-corrected chi connectivity index (χ0v) is 19.0. The fraction of sp³-hybridized carbons (Fsp3) is 0.192. The molecule has 4 aromatic rings. The third-order valence-corrected chi connectivity index (χ3v) is 6.67. The highest BCUT2D eigenvalue weighted by Crippen LogP contribution is 2.36. The Kier molecular flexibility index (Phi) is 5.53. The summed E-state index contributed by atoms with van der Waals surface area (Å²) in [4.78, 5) is 15.5. The van der Waals surface area contributed by atoms with E-state index in [9.17, 15) is 4.79 Å². The minimum Gasteiger partial charge on any atom is -0.280 e. The second-order valence-corrected chi connectivity index (χ2v) is 8.92. The molecule has 1 aliphatic heterocycles. The first kappa shape index (κ1) is 20.5. The van der Waals surface area contributed by atoms with Gasteiger partial charge in [0.05, 0.1) is 17.1 Å². The van der Waals surface area contributed by atoms with Crippen LogP contribution < -0.4 is 4.90 Å². The summed E-state index contributed by atoms with van der Waals surface area (Å²) in [6.45, 7) is 4.00. The van der Waals surface area contributed by atoms with Crippen molar-refractivity contribution in [1.82, 2.24) is 14.8 Å². The van der Waals surface area contributed by atoms with E-state index in [2.05, 4.69) is 41.4 Å². The van der Waals surface area contributed by atoms with Crippen molar-refractivity contribution >= 4 is 29.0 Å². The summed E-state index contributed by atoms with van der Waals surface area (Å²) in [6, 6.07) is 24.6. The van der Waals surface area contributed by atoms with Gasteiger partial charge in [0, 0.05) is 5.69 Å². The smallest absolute Gasteiger partial charge is 0.242 e. The van der Waals surface area contributed by atoms with Crippen LogP contribution in [0.4, 0.5) is 11.4 Å². The van der Waals surface area contributed by atoms with Crippen LogP contribution in [0, 0.1) is 13.8 Å². The van der Waals surface area contributed by atoms with Crippen molar-refractivity contribution in [3.8, 4) is 5.69 Å². The van der Waals surface area contributed by atoms with Crippen LogP contribution in [0.15, 0.2) is 78.0 Å². The summed E-state index contributed by atoms with van der Waals surface area (Å²) in [5.74, 6) is 1.11. The van der Waals surface area contributed by atoms with Gasteiger partial charge in [0.15, 0.2) is 5.16 Å². The number of benzene rings is 3. The summed E-state index contributed by atoms with van der Waals surface area (Å²) < 4.78 is 2.01. The molecule has 1 aromatic heterocycles. The number of aromatic nitrogens is 3. The van der Waals surface area contributed by atoms with Crippen LogP contribution in [0.2, 0.25) is 0 Å². The Balaban J connectivity index is 1.46. The van der Waals surface area contributed by atoms with Crippen molar-refractivity contribution in [2.45, 2.75) is 31.8 Å². The molecule has 0 aliphatic carbocycles. The summed E-state index contributed by atoms with van der Waals surface area (Å²) in [5.41, 5.74) is 6.51. The molecule has 6 heteroatoms. The van der Waals surface area contributed by atoms with E-state index in [1.54, 1.807) is 0 Å². The molecule has 0 atom stereocenters. The van der Waals surface area contributed by atoms with Gasteiger partial charge < -0.3 is 0 Å². The monoisotopic (exact) mass is 440 g/mol. The molecule has 0 fully saturated rings. The third-order valence-electron chi connectivity index (χ3n) is 5.76. The number of aryl methyl sites for hydroxylation is 4. The number of hydrogen-bond acceptors (Lipinski definition) is 4. The van der Waals surface area contributed by atoms with Crippen molar-refractivity contribution < 1.29 is 4.79 Å². The number of rotatable bonds is 4. The fourth-order valence-corrected chi connectivity index (χ4v) is 5.09. The van der Waals surface area contributed by atoms with Gasteiger partial charge in [-0.1, -0.05) is 60.3 Å². The van der Waals surface area contributed by atoms with Crippen molar-refractivity contribution in [3.05, 3.63) is 95.3 Å². The summed E-state index contributed by atoms with van der Waals surface area (Å²) in [5, 5.41) is 9.34. The van der Waals surface area contributed by atoms with Gasteiger partial charge in [-0.15, -0.1) is 10.2 Å². The molecule has 0 saturated carbocycles. The van der Waals surface area contributed by atoms with Crippen molar-refractivity contribution in [2.24, 2.45) is 0 Å². The van der Waals surface area contributed by atoms with E-state index < -0.39 is 0 Å². The minimum absolute atomic E-state index is 0.0354. The maximum Gasteiger partial charge on any atom is 0.242 e. The first-order valence-electron chi connectivity index (χ1n) is 10.7. The number of anilines is 2. The lowest BCUT2D eigenvalue weighted by Crippen LogP contribution is -2.28. The van der Waals surface area contributed by atoms with E-state index in [4.69, 9.17) is 0 Å². The Labute approximate surface area is 192 Å². The number of hydrogen-bond donors (Lipinski definition) is 0. The van der Waals surface area contributed by atoms with Gasteiger partial charge in [-0.2, -0.15) is 0 Å². The molecule has 5 nitrogen and oxygen atoms in total. The van der Waals surface area contributed by atoms with E-state index in [0.717, 1.165) is 40.9 Å². The zero-order valence-electron chi connectivity index (χ0n) is 18.2. The molecule has 0 unspecified atom stereocenters. The van der Waals surface area contributed by atoms with Gasteiger partial charge in [0.2, 0.25) is 5.91 Å². The SMILES string of the molecule is Cc1cccc(-n2c(C)nnc2SCC(=O)N2c3ccccc3CCc3ccccc32)c1. The summed E-state index contributed by atoms with van der Waals surface area (Å²) in [6.07, 6.45) is 1.84. The molecular formula is C26H24N4OS. The lowest BCUT2D eigenvalue weighted by Gasteiger charge is -2.25. The lowest BCUT2D eigenvalue weighted by molar-refractivity contribution is -0.115. The minimum atomic E-state index is 0.0354. The van der Waals surface area contributed by atoms with Crippen LogP contribution in [-0.2, 0) is 17.6 Å². The molecule has 0 spiro atoms. The molecule has 0 radical (unpaired) electrons. The largest absolute Gasteiger partial charge is 0.280 e. The first-order chi connectivity index (χ1) is 15.6. The van der Waals surface area contributed by atoms with Gasteiger partial charge in [-0.25, -0.2) is 0 Å². The van der Waals surface area contributed by atoms with Gasteiger partial charge >= 0.3 is 0 Å². The fourth-order valence-electron chi connectivity index (χ4n) is 4.24. The summed E-state index contributed by atoms with van der Waals surface area (Å²) >= 11 is 1.42. The molecule has 0 bridgehead atoms. The number of fused-ring (bicyclic) bond motifs is 2. The van der Waals surface area contributed by atoms with Crippen molar-refractivity contribution in [2.75, 3.05) is 10.7 Å². The Hall–Kier alpha value is -3.38. The van der Waals surface area contributed by atoms with Gasteiger partial charge in [0.25, 0.3) is 0 Å². The zero-order chi connectivity index (χ0) is 22.1. The molecular weight excluding hydrogens is 416 g/mol. The number of amides is 1. The Morgan fingerprint density at radius 2 is 1.53 bits per heavy atom. The number of carbonyl (C=O) groups is 1. The second kappa shape index (κ2) is 8.63. The van der Waals surface area contributed by atoms with Crippen molar-refractivity contribution in [3.63, 3.8) is 0 Å². The van der Waals surface area contributed by atoms with Crippen LogP contribution >= 0.6 is 11.8 Å². The average Bonchev–Trinajstić information content (AvgIpc) is 3.09. The van der Waals surface area contributed by atoms with E-state index in [1.165, 1.54) is 28.5 Å². The lowest BCUT2D eigenvalue weighted by atomic mass is 10.0. The van der Waals surface area contributed by atoms with Gasteiger partial charge in [0.1, 0.15) is 5.82 Å². The summed E-state index contributed by atoms with van der Waals surface area (Å²) in [7, 11) is 0. The number of carbonyl (C=O) groups excluding carboxylic acids is 1. The maximum atomic E-state index is 13.6. The van der Waals surface area contributed by atoms with Crippen LogP contribution in [0.3, 0.4) is 0 Å². The number of para-hydroxylation sites is 2. The van der Waals surface area contributed by atoms with E-state index in [1.807, 2.05) is 64.9 Å². The molecule has 1 amide bonds. The second-order valence-electron chi connectivity index (χ2n) is 7.98. The molecule has 0 N–H and O–H groups in total. The van der Waals surface area contributed by atoms with Gasteiger partial charge in [-0.05, 0) is 67.6 Å². The van der Waals surface area contributed by atoms with E-state index in [0.29, 0.717) is 0 Å². The van der Waals surface area contributed by atoms with Crippen LogP contribution in [-0.4, -0.2) is 26.4 Å². The Morgan fingerprint density at radius 1 is 0.875 bits per heavy atom. The molecule has 160 valence electrons. The van der Waals surface area contributed by atoms with Gasteiger partial charge in [-0.3, -0.25) is 14.3 Å². The molecule has 5 rings (SSSR count).